The number of carbonyl (C=O) groups is 4. The molecule has 54 heavy (non-hydrogen) atoms. The summed E-state index contributed by atoms with van der Waals surface area (Å²) >= 11 is 0. The highest BCUT2D eigenvalue weighted by Crippen LogP contribution is 2.30. The molecule has 10 atom stereocenters. The molecule has 3 amide bonds. The number of hydrogen-bond acceptors (Lipinski definition) is 8. The summed E-state index contributed by atoms with van der Waals surface area (Å²) in [5, 5.41) is 17.0. The lowest BCUT2D eigenvalue weighted by atomic mass is 9.83. The van der Waals surface area contributed by atoms with Crippen LogP contribution in [0.3, 0.4) is 0 Å². The van der Waals surface area contributed by atoms with Crippen molar-refractivity contribution in [3.05, 3.63) is 35.9 Å². The second kappa shape index (κ2) is 21.4. The Balaban J connectivity index is 2.22. The molecule has 1 aromatic rings. The summed E-state index contributed by atoms with van der Waals surface area (Å²) in [6.07, 6.45) is 0.302. The van der Waals surface area contributed by atoms with Gasteiger partial charge in [0, 0.05) is 38.6 Å². The third-order valence-electron chi connectivity index (χ3n) is 11.8. The number of aliphatic hydroxyl groups is 1. The molecule has 0 spiro atoms. The summed E-state index contributed by atoms with van der Waals surface area (Å²) < 4.78 is 11.9. The maximum atomic E-state index is 14.1. The van der Waals surface area contributed by atoms with Crippen molar-refractivity contribution in [2.75, 3.05) is 27.8 Å². The summed E-state index contributed by atoms with van der Waals surface area (Å²) in [6, 6.07) is 7.55. The van der Waals surface area contributed by atoms with Crippen molar-refractivity contribution in [2.45, 2.75) is 156 Å². The maximum absolute atomic E-state index is 14.1. The lowest BCUT2D eigenvalue weighted by Crippen LogP contribution is -2.55. The van der Waals surface area contributed by atoms with Gasteiger partial charge in [0.2, 0.25) is 17.7 Å². The van der Waals surface area contributed by atoms with Crippen molar-refractivity contribution < 1.29 is 33.8 Å². The molecule has 3 N–H and O–H groups in total. The van der Waals surface area contributed by atoms with E-state index in [0.717, 1.165) is 12.8 Å². The summed E-state index contributed by atoms with van der Waals surface area (Å²) in [5.74, 6) is -1.70. The van der Waals surface area contributed by atoms with Crippen LogP contribution in [0.4, 0.5) is 0 Å². The van der Waals surface area contributed by atoms with Crippen LogP contribution in [0.15, 0.2) is 30.3 Å². The number of likely N-dealkylation sites (tertiary alicyclic amines) is 1. The number of ether oxygens (including phenoxy) is 2. The van der Waals surface area contributed by atoms with Crippen LogP contribution in [0.5, 0.6) is 0 Å². The highest BCUT2D eigenvalue weighted by molar-refractivity contribution is 5.90. The van der Waals surface area contributed by atoms with Gasteiger partial charge >= 0.3 is 0 Å². The molecule has 1 unspecified atom stereocenters. The molecule has 1 aliphatic rings. The van der Waals surface area contributed by atoms with E-state index in [9.17, 15) is 24.3 Å². The molecular formula is C43H74N4O7. The van der Waals surface area contributed by atoms with Crippen LogP contribution >= 0.6 is 0 Å². The third kappa shape index (κ3) is 12.6. The zero-order valence-corrected chi connectivity index (χ0v) is 35.8. The van der Waals surface area contributed by atoms with Gasteiger partial charge in [0.25, 0.3) is 0 Å². The Bertz CT molecular complexity index is 1330. The quantitative estimate of drug-likeness (QED) is 0.143. The highest BCUT2D eigenvalue weighted by Gasteiger charge is 2.42. The fourth-order valence-corrected chi connectivity index (χ4v) is 7.86. The Morgan fingerprint density at radius 1 is 0.907 bits per heavy atom. The average molecular weight is 759 g/mol. The van der Waals surface area contributed by atoms with Gasteiger partial charge in [0.1, 0.15) is 0 Å². The van der Waals surface area contributed by atoms with Gasteiger partial charge in [-0.2, -0.15) is 0 Å². The first-order valence-electron chi connectivity index (χ1n) is 20.2. The van der Waals surface area contributed by atoms with E-state index in [0.29, 0.717) is 18.5 Å². The predicted octanol–water partition coefficient (Wildman–Crippen LogP) is 5.79. The number of hydrogen-bond donors (Lipinski definition) is 3. The number of carbonyl (C=O) groups excluding carboxylic acids is 4. The number of aliphatic hydroxyl groups excluding tert-OH is 1. The first kappa shape index (κ1) is 47.3. The van der Waals surface area contributed by atoms with Crippen molar-refractivity contribution in [3.8, 4) is 0 Å². The molecule has 0 aliphatic carbocycles. The molecule has 0 radical (unpaired) electrons. The summed E-state index contributed by atoms with van der Waals surface area (Å²) in [6.45, 7) is 22.5. The average Bonchev–Trinajstić information content (AvgIpc) is 3.60. The molecule has 0 aromatic heterocycles. The zero-order valence-electron chi connectivity index (χ0n) is 35.8. The number of nitrogens with one attached hydrogen (secondary N) is 2. The maximum Gasteiger partial charge on any atom is 0.225 e. The van der Waals surface area contributed by atoms with Crippen LogP contribution in [0.2, 0.25) is 0 Å². The standard InChI is InChI=1S/C43H74N4O7/c1-15-28(6)37(45-42(52)32(26(2)3)24-34(48)38(27(4)5)46(12)43(9,10)11)35(53-13)25-36(49)47-23-19-22-33(47)40(54-14)29(7)41(51)44-30(8)39(50)31-20-17-16-18-21-31/h16-18,20-21,26-30,32-33,35,37-40,50H,15,19,22-25H2,1-14H3,(H,44,51)(H,45,52)/t28?,29-,30-,32+,33+,35-,37+,38+,39-,40-/m1/s1. The van der Waals surface area contributed by atoms with Crippen LogP contribution in [0.1, 0.15) is 120 Å². The minimum absolute atomic E-state index is 0.0105. The van der Waals surface area contributed by atoms with Crippen molar-refractivity contribution in [3.63, 3.8) is 0 Å². The Hall–Kier alpha value is -2.86. The van der Waals surface area contributed by atoms with Gasteiger partial charge in [-0.25, -0.2) is 0 Å². The second-order valence-electron chi connectivity index (χ2n) is 17.3. The summed E-state index contributed by atoms with van der Waals surface area (Å²) in [5.41, 5.74) is 0.498. The van der Waals surface area contributed by atoms with Crippen LogP contribution in [0.25, 0.3) is 0 Å². The highest BCUT2D eigenvalue weighted by atomic mass is 16.5. The lowest BCUT2D eigenvalue weighted by Gasteiger charge is -2.40. The minimum Gasteiger partial charge on any atom is -0.386 e. The summed E-state index contributed by atoms with van der Waals surface area (Å²) in [4.78, 5) is 59.5. The van der Waals surface area contributed by atoms with Gasteiger partial charge in [-0.05, 0) is 70.9 Å². The molecule has 11 nitrogen and oxygen atoms in total. The lowest BCUT2D eigenvalue weighted by molar-refractivity contribution is -0.143. The summed E-state index contributed by atoms with van der Waals surface area (Å²) in [7, 11) is 5.10. The Morgan fingerprint density at radius 2 is 1.52 bits per heavy atom. The van der Waals surface area contributed by atoms with E-state index in [1.807, 2.05) is 78.9 Å². The molecule has 0 saturated carbocycles. The molecule has 308 valence electrons. The number of nitrogens with zero attached hydrogens (tertiary/aromatic N) is 2. The molecular weight excluding hydrogens is 684 g/mol. The van der Waals surface area contributed by atoms with Crippen molar-refractivity contribution in [1.82, 2.24) is 20.4 Å². The van der Waals surface area contributed by atoms with Gasteiger partial charge in [-0.3, -0.25) is 24.1 Å². The van der Waals surface area contributed by atoms with Gasteiger partial charge in [-0.1, -0.05) is 85.2 Å². The Kier molecular flexibility index (Phi) is 18.8. The molecule has 1 aliphatic heterocycles. The van der Waals surface area contributed by atoms with Gasteiger partial charge in [-0.15, -0.1) is 0 Å². The SMILES string of the molecule is CCC(C)[C@H](NC(=O)[C@@H](CC(=O)[C@H](C(C)C)N(C)C(C)(C)C)C(C)C)[C@@H](CC(=O)N1CCC[C@H]1[C@H](OC)[C@@H](C)C(=O)N[C@H](C)[C@@H](O)c1ccccc1)OC. The predicted molar refractivity (Wildman–Crippen MR) is 215 cm³/mol. The topological polar surface area (TPSA) is 138 Å². The number of likely N-dealkylation sites (N-methyl/N-ethyl adjacent to an activating group) is 1. The van der Waals surface area contributed by atoms with E-state index in [2.05, 4.69) is 36.3 Å². The van der Waals surface area contributed by atoms with E-state index in [-0.39, 0.29) is 71.7 Å². The van der Waals surface area contributed by atoms with Crippen LogP contribution in [-0.2, 0) is 28.7 Å². The number of amides is 3. The van der Waals surface area contributed by atoms with Crippen molar-refractivity contribution in [1.29, 1.82) is 0 Å². The number of ketones is 1. The van der Waals surface area contributed by atoms with E-state index in [1.165, 1.54) is 0 Å². The van der Waals surface area contributed by atoms with E-state index in [4.69, 9.17) is 9.47 Å². The molecule has 1 heterocycles. The van der Waals surface area contributed by atoms with Gasteiger partial charge in [0.05, 0.1) is 54.8 Å². The van der Waals surface area contributed by atoms with Crippen LogP contribution in [-0.4, -0.2) is 108 Å². The van der Waals surface area contributed by atoms with E-state index in [1.54, 1.807) is 33.0 Å². The van der Waals surface area contributed by atoms with Crippen molar-refractivity contribution in [2.24, 2.45) is 29.6 Å². The van der Waals surface area contributed by atoms with Crippen LogP contribution in [0, 0.1) is 29.6 Å². The molecule has 1 fully saturated rings. The Labute approximate surface area is 326 Å². The number of rotatable bonds is 21. The zero-order chi connectivity index (χ0) is 41.1. The van der Waals surface area contributed by atoms with Crippen LogP contribution < -0.4 is 10.6 Å². The van der Waals surface area contributed by atoms with E-state index >= 15 is 0 Å². The third-order valence-corrected chi connectivity index (χ3v) is 11.8. The first-order valence-corrected chi connectivity index (χ1v) is 20.2. The Morgan fingerprint density at radius 3 is 2.02 bits per heavy atom. The fourth-order valence-electron chi connectivity index (χ4n) is 7.86. The minimum atomic E-state index is -0.874. The molecule has 1 saturated heterocycles. The fraction of sp³-hybridized carbons (Fsp3) is 0.767. The largest absolute Gasteiger partial charge is 0.386 e. The number of methoxy groups -OCH3 is 2. The number of Topliss-reactive ketones (excluding diaryl/α,β-unsaturated/α-hetero) is 1. The first-order chi connectivity index (χ1) is 25.2. The molecule has 2 rings (SSSR count). The normalized spacial score (nSPS) is 20.2. The smallest absolute Gasteiger partial charge is 0.225 e. The van der Waals surface area contributed by atoms with Gasteiger partial charge in [0.15, 0.2) is 5.78 Å². The molecule has 11 heteroatoms. The molecule has 0 bridgehead atoms. The number of benzene rings is 1. The van der Waals surface area contributed by atoms with Crippen molar-refractivity contribution >= 4 is 23.5 Å². The van der Waals surface area contributed by atoms with E-state index < -0.39 is 42.2 Å². The molecule has 1 aromatic carbocycles. The second-order valence-corrected chi connectivity index (χ2v) is 17.3. The van der Waals surface area contributed by atoms with Gasteiger partial charge < -0.3 is 30.1 Å². The monoisotopic (exact) mass is 759 g/mol.